The molecule has 0 aromatic heterocycles. The van der Waals surface area contributed by atoms with Crippen LogP contribution in [0.15, 0.2) is 18.2 Å². The summed E-state index contributed by atoms with van der Waals surface area (Å²) in [6.45, 7) is 5.90. The highest BCUT2D eigenvalue weighted by Gasteiger charge is 2.03. The Hall–Kier alpha value is -1.13. The van der Waals surface area contributed by atoms with E-state index in [4.69, 9.17) is 9.84 Å². The normalized spacial score (nSPS) is 12.7. The van der Waals surface area contributed by atoms with Crippen molar-refractivity contribution >= 4 is 0 Å². The van der Waals surface area contributed by atoms with Crippen molar-refractivity contribution in [3.05, 3.63) is 29.6 Å². The van der Waals surface area contributed by atoms with Crippen LogP contribution in [0.2, 0.25) is 0 Å². The van der Waals surface area contributed by atoms with E-state index in [1.165, 1.54) is 12.1 Å². The molecule has 16 heavy (non-hydrogen) atoms. The first-order chi connectivity index (χ1) is 7.63. The molecule has 1 unspecified atom stereocenters. The monoisotopic (exact) mass is 227 g/mol. The largest absolute Gasteiger partial charge is 0.505 e. The molecule has 4 heteroatoms. The van der Waals surface area contributed by atoms with Crippen LogP contribution in [0.5, 0.6) is 5.75 Å². The van der Waals surface area contributed by atoms with E-state index in [0.29, 0.717) is 13.2 Å². The van der Waals surface area contributed by atoms with E-state index < -0.39 is 5.82 Å². The molecular formula is C12H18FNO2. The Labute approximate surface area is 95.2 Å². The minimum Gasteiger partial charge on any atom is -0.505 e. The number of halogens is 1. The Morgan fingerprint density at radius 3 is 2.88 bits per heavy atom. The van der Waals surface area contributed by atoms with Gasteiger partial charge in [0.15, 0.2) is 11.6 Å². The first kappa shape index (κ1) is 12.9. The van der Waals surface area contributed by atoms with Crippen molar-refractivity contribution < 1.29 is 14.2 Å². The molecule has 2 N–H and O–H groups in total. The van der Waals surface area contributed by atoms with Gasteiger partial charge in [0.05, 0.1) is 6.10 Å². The first-order valence-corrected chi connectivity index (χ1v) is 5.43. The number of hydrogen-bond acceptors (Lipinski definition) is 3. The van der Waals surface area contributed by atoms with Gasteiger partial charge in [-0.25, -0.2) is 4.39 Å². The van der Waals surface area contributed by atoms with Gasteiger partial charge < -0.3 is 15.2 Å². The van der Waals surface area contributed by atoms with Gasteiger partial charge in [-0.3, -0.25) is 0 Å². The molecule has 0 aliphatic heterocycles. The molecular weight excluding hydrogens is 209 g/mol. The third-order valence-corrected chi connectivity index (χ3v) is 2.22. The maximum absolute atomic E-state index is 13.0. The third-order valence-electron chi connectivity index (χ3n) is 2.22. The average Bonchev–Trinajstić information content (AvgIpc) is 2.24. The van der Waals surface area contributed by atoms with Crippen molar-refractivity contribution in [1.29, 1.82) is 0 Å². The highest BCUT2D eigenvalue weighted by Crippen LogP contribution is 2.15. The zero-order valence-corrected chi connectivity index (χ0v) is 9.66. The van der Waals surface area contributed by atoms with E-state index in [1.54, 1.807) is 6.07 Å². The number of phenols is 1. The number of hydrogen-bond donors (Lipinski definition) is 2. The molecule has 1 atom stereocenters. The molecule has 0 heterocycles. The van der Waals surface area contributed by atoms with E-state index in [0.717, 1.165) is 12.1 Å². The fraction of sp³-hybridized carbons (Fsp3) is 0.500. The molecule has 0 aliphatic rings. The quantitative estimate of drug-likeness (QED) is 0.781. The van der Waals surface area contributed by atoms with E-state index in [-0.39, 0.29) is 11.9 Å². The standard InChI is InChI=1S/C12H18FNO2/c1-3-16-9(2)7-14-8-10-4-5-12(15)11(13)6-10/h4-6,9,14-15H,3,7-8H2,1-2H3. The van der Waals surface area contributed by atoms with Crippen LogP contribution in [-0.2, 0) is 11.3 Å². The van der Waals surface area contributed by atoms with Gasteiger partial charge in [0.1, 0.15) is 0 Å². The lowest BCUT2D eigenvalue weighted by Gasteiger charge is -2.12. The lowest BCUT2D eigenvalue weighted by atomic mass is 10.2. The molecule has 1 aromatic carbocycles. The summed E-state index contributed by atoms with van der Waals surface area (Å²) < 4.78 is 18.3. The Balaban J connectivity index is 2.34. The summed E-state index contributed by atoms with van der Waals surface area (Å²) in [5, 5.41) is 12.2. The van der Waals surface area contributed by atoms with E-state index in [2.05, 4.69) is 5.32 Å². The summed E-state index contributed by atoms with van der Waals surface area (Å²) in [4.78, 5) is 0. The summed E-state index contributed by atoms with van der Waals surface area (Å²) >= 11 is 0. The van der Waals surface area contributed by atoms with Crippen LogP contribution in [0.25, 0.3) is 0 Å². The molecule has 0 spiro atoms. The van der Waals surface area contributed by atoms with E-state index >= 15 is 0 Å². The highest BCUT2D eigenvalue weighted by molar-refractivity contribution is 5.27. The smallest absolute Gasteiger partial charge is 0.165 e. The lowest BCUT2D eigenvalue weighted by Crippen LogP contribution is -2.26. The average molecular weight is 227 g/mol. The van der Waals surface area contributed by atoms with Crippen LogP contribution in [0.4, 0.5) is 4.39 Å². The molecule has 3 nitrogen and oxygen atoms in total. The van der Waals surface area contributed by atoms with Gasteiger partial charge in [-0.05, 0) is 31.5 Å². The molecule has 0 saturated heterocycles. The second-order valence-corrected chi connectivity index (χ2v) is 3.68. The van der Waals surface area contributed by atoms with Crippen molar-refractivity contribution in [1.82, 2.24) is 5.32 Å². The van der Waals surface area contributed by atoms with Crippen molar-refractivity contribution in [3.63, 3.8) is 0 Å². The topological polar surface area (TPSA) is 41.5 Å². The number of phenolic OH excluding ortho intramolecular Hbond substituents is 1. The zero-order chi connectivity index (χ0) is 12.0. The van der Waals surface area contributed by atoms with Gasteiger partial charge in [-0.2, -0.15) is 0 Å². The zero-order valence-electron chi connectivity index (χ0n) is 9.66. The number of benzene rings is 1. The first-order valence-electron chi connectivity index (χ1n) is 5.43. The molecule has 90 valence electrons. The fourth-order valence-electron chi connectivity index (χ4n) is 1.42. The van der Waals surface area contributed by atoms with Gasteiger partial charge >= 0.3 is 0 Å². The predicted octanol–water partition coefficient (Wildman–Crippen LogP) is 2.05. The summed E-state index contributed by atoms with van der Waals surface area (Å²) in [7, 11) is 0. The summed E-state index contributed by atoms with van der Waals surface area (Å²) in [5.41, 5.74) is 0.805. The molecule has 0 radical (unpaired) electrons. The van der Waals surface area contributed by atoms with Crippen molar-refractivity contribution in [3.8, 4) is 5.75 Å². The molecule has 0 amide bonds. The van der Waals surface area contributed by atoms with E-state index in [9.17, 15) is 4.39 Å². The van der Waals surface area contributed by atoms with Crippen molar-refractivity contribution in [2.75, 3.05) is 13.2 Å². The fourth-order valence-corrected chi connectivity index (χ4v) is 1.42. The number of ether oxygens (including phenoxy) is 1. The number of aromatic hydroxyl groups is 1. The summed E-state index contributed by atoms with van der Waals surface area (Å²) in [6.07, 6.45) is 0.145. The minimum absolute atomic E-state index is 0.145. The van der Waals surface area contributed by atoms with Crippen LogP contribution in [-0.4, -0.2) is 24.4 Å². The Morgan fingerprint density at radius 1 is 1.50 bits per heavy atom. The summed E-state index contributed by atoms with van der Waals surface area (Å²) in [6, 6.07) is 4.38. The van der Waals surface area contributed by atoms with Crippen LogP contribution in [0, 0.1) is 5.82 Å². The predicted molar refractivity (Wildman–Crippen MR) is 60.9 cm³/mol. The second kappa shape index (κ2) is 6.45. The second-order valence-electron chi connectivity index (χ2n) is 3.68. The van der Waals surface area contributed by atoms with Gasteiger partial charge in [0.25, 0.3) is 0 Å². The molecule has 0 bridgehead atoms. The Morgan fingerprint density at radius 2 is 2.25 bits per heavy atom. The number of nitrogens with one attached hydrogen (secondary N) is 1. The van der Waals surface area contributed by atoms with Gasteiger partial charge in [0, 0.05) is 19.7 Å². The Bertz CT molecular complexity index is 331. The molecule has 0 saturated carbocycles. The van der Waals surface area contributed by atoms with Crippen molar-refractivity contribution in [2.24, 2.45) is 0 Å². The lowest BCUT2D eigenvalue weighted by molar-refractivity contribution is 0.0759. The van der Waals surface area contributed by atoms with Crippen LogP contribution in [0.1, 0.15) is 19.4 Å². The number of rotatable bonds is 6. The SMILES string of the molecule is CCOC(C)CNCc1ccc(O)c(F)c1. The molecule has 0 aliphatic carbocycles. The molecule has 0 fully saturated rings. The van der Waals surface area contributed by atoms with Gasteiger partial charge in [-0.1, -0.05) is 6.07 Å². The molecule has 1 rings (SSSR count). The maximum Gasteiger partial charge on any atom is 0.165 e. The van der Waals surface area contributed by atoms with Crippen molar-refractivity contribution in [2.45, 2.75) is 26.5 Å². The van der Waals surface area contributed by atoms with Gasteiger partial charge in [0.2, 0.25) is 0 Å². The third kappa shape index (κ3) is 4.16. The van der Waals surface area contributed by atoms with Crippen LogP contribution >= 0.6 is 0 Å². The minimum atomic E-state index is -0.586. The van der Waals surface area contributed by atoms with Crippen LogP contribution < -0.4 is 5.32 Å². The highest BCUT2D eigenvalue weighted by atomic mass is 19.1. The summed E-state index contributed by atoms with van der Waals surface area (Å²) in [5.74, 6) is -0.899. The Kier molecular flexibility index (Phi) is 5.22. The van der Waals surface area contributed by atoms with E-state index in [1.807, 2.05) is 13.8 Å². The van der Waals surface area contributed by atoms with Crippen LogP contribution in [0.3, 0.4) is 0 Å². The maximum atomic E-state index is 13.0. The van der Waals surface area contributed by atoms with Gasteiger partial charge in [-0.15, -0.1) is 0 Å². The molecule has 1 aromatic rings.